The first-order chi connectivity index (χ1) is 9.16. The minimum absolute atomic E-state index is 0. The molecule has 2 atom stereocenters. The Morgan fingerprint density at radius 3 is 2.77 bits per heavy atom. The van der Waals surface area contributed by atoms with Gasteiger partial charge in [-0.15, -0.1) is 49.0 Å². The first-order valence-electron chi connectivity index (χ1n) is 6.37. The fourth-order valence-corrected chi connectivity index (χ4v) is 3.10. The van der Waals surface area contributed by atoms with Gasteiger partial charge >= 0.3 is 0 Å². The smallest absolute Gasteiger partial charge is 0.238 e. The van der Waals surface area contributed by atoms with Gasteiger partial charge in [-0.3, -0.25) is 15.1 Å². The average molecular weight is 390 g/mol. The van der Waals surface area contributed by atoms with Crippen molar-refractivity contribution in [2.75, 3.05) is 32.9 Å². The zero-order valence-corrected chi connectivity index (χ0v) is 15.8. The fourth-order valence-electron chi connectivity index (χ4n) is 1.87. The van der Waals surface area contributed by atoms with Gasteiger partial charge in [-0.25, -0.2) is 0 Å². The largest absolute Gasteiger partial charge is 0.353 e. The molecular formula is C13H23Cl3N4OS. The number of rotatable bonds is 5. The van der Waals surface area contributed by atoms with E-state index in [1.54, 1.807) is 18.0 Å². The van der Waals surface area contributed by atoms with Crippen LogP contribution >= 0.6 is 49.0 Å². The summed E-state index contributed by atoms with van der Waals surface area (Å²) in [6.45, 7) is 1.55. The van der Waals surface area contributed by atoms with Gasteiger partial charge in [0.05, 0.1) is 11.4 Å². The van der Waals surface area contributed by atoms with Gasteiger partial charge in [-0.1, -0.05) is 6.07 Å². The molecule has 5 nitrogen and oxygen atoms in total. The van der Waals surface area contributed by atoms with Crippen molar-refractivity contribution < 1.29 is 4.79 Å². The molecule has 0 bridgehead atoms. The Labute approximate surface area is 154 Å². The molecule has 0 radical (unpaired) electrons. The number of hydrogen-bond acceptors (Lipinski definition) is 5. The van der Waals surface area contributed by atoms with Crippen LogP contribution in [0.25, 0.3) is 0 Å². The second-order valence-electron chi connectivity index (χ2n) is 4.81. The molecule has 0 aliphatic carbocycles. The van der Waals surface area contributed by atoms with Gasteiger partial charge in [-0.05, 0) is 25.7 Å². The number of halogens is 3. The molecule has 2 N–H and O–H groups in total. The molecule has 9 heteroatoms. The van der Waals surface area contributed by atoms with E-state index < -0.39 is 0 Å². The van der Waals surface area contributed by atoms with Gasteiger partial charge in [0.25, 0.3) is 0 Å². The monoisotopic (exact) mass is 388 g/mol. The van der Waals surface area contributed by atoms with Crippen LogP contribution < -0.4 is 10.6 Å². The first kappa shape index (κ1) is 24.0. The maximum atomic E-state index is 12.0. The molecule has 2 heterocycles. The molecule has 2 unspecified atom stereocenters. The lowest BCUT2D eigenvalue weighted by atomic mass is 10.2. The topological polar surface area (TPSA) is 57.3 Å². The molecule has 1 saturated heterocycles. The van der Waals surface area contributed by atoms with Crippen LogP contribution in [0.3, 0.4) is 0 Å². The predicted molar refractivity (Wildman–Crippen MR) is 99.7 cm³/mol. The fraction of sp³-hybridized carbons (Fsp3) is 0.538. The zero-order chi connectivity index (χ0) is 13.7. The number of aromatic nitrogens is 1. The molecule has 22 heavy (non-hydrogen) atoms. The maximum Gasteiger partial charge on any atom is 0.238 e. The van der Waals surface area contributed by atoms with Crippen LogP contribution in [0.4, 0.5) is 0 Å². The summed E-state index contributed by atoms with van der Waals surface area (Å²) in [5.41, 5.74) is 1.12. The van der Waals surface area contributed by atoms with Crippen LogP contribution in [0.15, 0.2) is 24.5 Å². The minimum Gasteiger partial charge on any atom is -0.353 e. The number of carbonyl (C=O) groups is 1. The number of pyridine rings is 1. The van der Waals surface area contributed by atoms with Gasteiger partial charge in [0.2, 0.25) is 5.91 Å². The van der Waals surface area contributed by atoms with E-state index in [9.17, 15) is 4.79 Å². The first-order valence-corrected chi connectivity index (χ1v) is 7.41. The Morgan fingerprint density at radius 1 is 1.45 bits per heavy atom. The third kappa shape index (κ3) is 7.35. The van der Waals surface area contributed by atoms with E-state index in [2.05, 4.69) is 20.5 Å². The van der Waals surface area contributed by atoms with E-state index in [-0.39, 0.29) is 54.5 Å². The van der Waals surface area contributed by atoms with Crippen molar-refractivity contribution in [3.05, 3.63) is 30.1 Å². The summed E-state index contributed by atoms with van der Waals surface area (Å²) in [6, 6.07) is 3.84. The SMILES string of the molecule is CN(C)CCNC(=O)C1CSC(c2cccnc2)N1.Cl.Cl.Cl. The molecule has 1 amide bonds. The van der Waals surface area contributed by atoms with Gasteiger partial charge in [-0.2, -0.15) is 0 Å². The van der Waals surface area contributed by atoms with Crippen molar-refractivity contribution in [1.82, 2.24) is 20.5 Å². The van der Waals surface area contributed by atoms with Crippen LogP contribution in [0.1, 0.15) is 10.9 Å². The Balaban J connectivity index is 0. The number of hydrogen-bond donors (Lipinski definition) is 2. The molecule has 1 fully saturated rings. The lowest BCUT2D eigenvalue weighted by molar-refractivity contribution is -0.122. The van der Waals surface area contributed by atoms with Crippen molar-refractivity contribution in [1.29, 1.82) is 0 Å². The van der Waals surface area contributed by atoms with Gasteiger partial charge in [0, 0.05) is 31.2 Å². The normalized spacial score (nSPS) is 19.6. The second-order valence-corrected chi connectivity index (χ2v) is 5.95. The number of amides is 1. The van der Waals surface area contributed by atoms with E-state index in [4.69, 9.17) is 0 Å². The Kier molecular flexibility index (Phi) is 13.3. The van der Waals surface area contributed by atoms with Crippen LogP contribution in [-0.4, -0.2) is 54.8 Å². The Bertz CT molecular complexity index is 425. The maximum absolute atomic E-state index is 12.0. The molecule has 1 aliphatic rings. The highest BCUT2D eigenvalue weighted by Crippen LogP contribution is 2.32. The molecule has 0 aromatic carbocycles. The summed E-state index contributed by atoms with van der Waals surface area (Å²) in [5, 5.41) is 6.46. The van der Waals surface area contributed by atoms with E-state index in [0.29, 0.717) is 6.54 Å². The van der Waals surface area contributed by atoms with Gasteiger partial charge in [0.15, 0.2) is 0 Å². The van der Waals surface area contributed by atoms with Gasteiger partial charge in [0.1, 0.15) is 0 Å². The third-order valence-electron chi connectivity index (χ3n) is 2.94. The van der Waals surface area contributed by atoms with Crippen molar-refractivity contribution in [3.63, 3.8) is 0 Å². The van der Waals surface area contributed by atoms with Crippen molar-refractivity contribution in [3.8, 4) is 0 Å². The number of nitrogens with zero attached hydrogens (tertiary/aromatic N) is 2. The summed E-state index contributed by atoms with van der Waals surface area (Å²) >= 11 is 1.75. The van der Waals surface area contributed by atoms with Crippen molar-refractivity contribution >= 4 is 54.9 Å². The van der Waals surface area contributed by atoms with Crippen LogP contribution in [0.5, 0.6) is 0 Å². The van der Waals surface area contributed by atoms with E-state index in [1.807, 2.05) is 32.4 Å². The van der Waals surface area contributed by atoms with E-state index in [1.165, 1.54) is 0 Å². The molecule has 0 spiro atoms. The van der Waals surface area contributed by atoms with Crippen LogP contribution in [0.2, 0.25) is 0 Å². The molecule has 0 saturated carbocycles. The quantitative estimate of drug-likeness (QED) is 0.803. The number of likely N-dealkylation sites (N-methyl/N-ethyl adjacent to an activating group) is 1. The summed E-state index contributed by atoms with van der Waals surface area (Å²) < 4.78 is 0. The highest BCUT2D eigenvalue weighted by molar-refractivity contribution is 7.99. The summed E-state index contributed by atoms with van der Waals surface area (Å²) in [7, 11) is 3.99. The zero-order valence-electron chi connectivity index (χ0n) is 12.5. The Hall–Kier alpha value is -0.240. The highest BCUT2D eigenvalue weighted by Gasteiger charge is 2.30. The van der Waals surface area contributed by atoms with Crippen molar-refractivity contribution in [2.45, 2.75) is 11.4 Å². The van der Waals surface area contributed by atoms with Gasteiger partial charge < -0.3 is 10.2 Å². The summed E-state index contributed by atoms with van der Waals surface area (Å²) in [4.78, 5) is 18.1. The standard InChI is InChI=1S/C13H20N4OS.3ClH/c1-17(2)7-6-15-12(18)11-9-19-13(16-11)10-4-3-5-14-8-10;;;/h3-5,8,11,13,16H,6-7,9H2,1-2H3,(H,15,18);3*1H. The third-order valence-corrected chi connectivity index (χ3v) is 4.21. The van der Waals surface area contributed by atoms with Crippen molar-refractivity contribution in [2.24, 2.45) is 0 Å². The molecule has 1 aromatic rings. The second kappa shape index (κ2) is 12.2. The molecule has 128 valence electrons. The number of thioether (sulfide) groups is 1. The molecule has 2 rings (SSSR count). The van der Waals surface area contributed by atoms with E-state index >= 15 is 0 Å². The number of carbonyl (C=O) groups excluding carboxylic acids is 1. The average Bonchev–Trinajstić information content (AvgIpc) is 2.89. The predicted octanol–water partition coefficient (Wildman–Crippen LogP) is 1.73. The summed E-state index contributed by atoms with van der Waals surface area (Å²) in [6.07, 6.45) is 3.60. The lowest BCUT2D eigenvalue weighted by Crippen LogP contribution is -2.44. The Morgan fingerprint density at radius 2 is 2.18 bits per heavy atom. The van der Waals surface area contributed by atoms with E-state index in [0.717, 1.165) is 17.9 Å². The minimum atomic E-state index is -0.114. The lowest BCUT2D eigenvalue weighted by Gasteiger charge is -2.15. The summed E-state index contributed by atoms with van der Waals surface area (Å²) in [5.74, 6) is 0.883. The number of nitrogens with one attached hydrogen (secondary N) is 2. The molecule has 1 aromatic heterocycles. The van der Waals surface area contributed by atoms with Crippen LogP contribution in [0, 0.1) is 0 Å². The molecular weight excluding hydrogens is 367 g/mol. The van der Waals surface area contributed by atoms with Crippen LogP contribution in [-0.2, 0) is 4.79 Å². The highest BCUT2D eigenvalue weighted by atomic mass is 35.5. The molecule has 1 aliphatic heterocycles.